The number of methoxy groups -OCH3 is 1. The maximum atomic E-state index is 5.04. The van der Waals surface area contributed by atoms with Crippen LogP contribution >= 0.6 is 0 Å². The topological polar surface area (TPSA) is 9.23 Å². The van der Waals surface area contributed by atoms with Gasteiger partial charge in [-0.1, -0.05) is 61.2 Å². The lowest BCUT2D eigenvalue weighted by Gasteiger charge is -2.00. The third kappa shape index (κ3) is 4.56. The van der Waals surface area contributed by atoms with Crippen LogP contribution in [0.3, 0.4) is 0 Å². The lowest BCUT2D eigenvalue weighted by molar-refractivity contribution is 0.411. The van der Waals surface area contributed by atoms with Crippen molar-refractivity contribution in [3.05, 3.63) is 72.3 Å². The fourth-order valence-electron chi connectivity index (χ4n) is 1.37. The van der Waals surface area contributed by atoms with Crippen LogP contribution in [0, 0.1) is 6.92 Å². The molecule has 1 nitrogen and oxygen atoms in total. The number of para-hydroxylation sites is 1. The van der Waals surface area contributed by atoms with E-state index in [4.69, 9.17) is 4.74 Å². The van der Waals surface area contributed by atoms with Gasteiger partial charge in [-0.15, -0.1) is 0 Å². The van der Waals surface area contributed by atoms with Crippen molar-refractivity contribution >= 4 is 6.08 Å². The molecular formula is C16H18O. The highest BCUT2D eigenvalue weighted by Crippen LogP contribution is 2.14. The maximum Gasteiger partial charge on any atom is 0.121 e. The molecule has 0 aliphatic heterocycles. The molecule has 17 heavy (non-hydrogen) atoms. The summed E-state index contributed by atoms with van der Waals surface area (Å²) >= 11 is 0. The van der Waals surface area contributed by atoms with Gasteiger partial charge in [0.25, 0.3) is 0 Å². The van der Waals surface area contributed by atoms with Gasteiger partial charge in [0.05, 0.1) is 7.11 Å². The molecule has 0 aliphatic rings. The van der Waals surface area contributed by atoms with Crippen LogP contribution in [0.1, 0.15) is 11.1 Å². The number of rotatable bonds is 2. The molecule has 2 rings (SSSR count). The Morgan fingerprint density at radius 3 is 1.94 bits per heavy atom. The zero-order chi connectivity index (χ0) is 12.5. The molecule has 0 unspecified atom stereocenters. The van der Waals surface area contributed by atoms with Crippen LogP contribution in [-0.2, 0) is 0 Å². The smallest absolute Gasteiger partial charge is 0.121 e. The first kappa shape index (κ1) is 13.0. The molecule has 0 radical (unpaired) electrons. The maximum absolute atomic E-state index is 5.04. The van der Waals surface area contributed by atoms with Crippen molar-refractivity contribution in [1.29, 1.82) is 0 Å². The molecule has 0 bridgehead atoms. The first-order valence-corrected chi connectivity index (χ1v) is 5.55. The Balaban J connectivity index is 0.000000171. The highest BCUT2D eigenvalue weighted by Gasteiger charge is 1.90. The van der Waals surface area contributed by atoms with Crippen molar-refractivity contribution in [2.45, 2.75) is 6.92 Å². The van der Waals surface area contributed by atoms with E-state index in [1.54, 1.807) is 7.11 Å². The molecule has 0 fully saturated rings. The van der Waals surface area contributed by atoms with Gasteiger partial charge in [0, 0.05) is 0 Å². The van der Waals surface area contributed by atoms with Gasteiger partial charge in [-0.05, 0) is 24.1 Å². The summed E-state index contributed by atoms with van der Waals surface area (Å²) in [6.45, 7) is 5.66. The molecule has 0 spiro atoms. The highest BCUT2D eigenvalue weighted by atomic mass is 16.5. The van der Waals surface area contributed by atoms with Crippen LogP contribution in [-0.4, -0.2) is 7.11 Å². The minimum absolute atomic E-state index is 0.956. The molecule has 0 aliphatic carbocycles. The van der Waals surface area contributed by atoms with E-state index in [0.29, 0.717) is 0 Å². The van der Waals surface area contributed by atoms with E-state index in [9.17, 15) is 0 Å². The van der Waals surface area contributed by atoms with Crippen molar-refractivity contribution in [3.63, 3.8) is 0 Å². The van der Waals surface area contributed by atoms with Gasteiger partial charge >= 0.3 is 0 Å². The average molecular weight is 226 g/mol. The van der Waals surface area contributed by atoms with Crippen LogP contribution in [0.4, 0.5) is 0 Å². The SMILES string of the molecule is C=Cc1ccccc1.COc1ccccc1C. The minimum atomic E-state index is 0.956. The van der Waals surface area contributed by atoms with Crippen molar-refractivity contribution in [3.8, 4) is 5.75 Å². The zero-order valence-corrected chi connectivity index (χ0v) is 10.4. The quantitative estimate of drug-likeness (QED) is 0.740. The van der Waals surface area contributed by atoms with Gasteiger partial charge in [0.1, 0.15) is 5.75 Å². The molecule has 0 N–H and O–H groups in total. The lowest BCUT2D eigenvalue weighted by atomic mass is 10.2. The average Bonchev–Trinajstić information content (AvgIpc) is 2.41. The Kier molecular flexibility index (Phi) is 5.59. The van der Waals surface area contributed by atoms with Crippen molar-refractivity contribution in [1.82, 2.24) is 0 Å². The second-order valence-electron chi connectivity index (χ2n) is 3.58. The molecule has 0 atom stereocenters. The molecule has 0 amide bonds. The van der Waals surface area contributed by atoms with Crippen LogP contribution in [0.25, 0.3) is 6.08 Å². The molecule has 1 heteroatoms. The fraction of sp³-hybridized carbons (Fsp3) is 0.125. The highest BCUT2D eigenvalue weighted by molar-refractivity contribution is 5.45. The molecular weight excluding hydrogens is 208 g/mol. The third-order valence-corrected chi connectivity index (χ3v) is 2.35. The number of benzene rings is 2. The van der Waals surface area contributed by atoms with Gasteiger partial charge in [-0.3, -0.25) is 0 Å². The molecule has 0 heterocycles. The van der Waals surface area contributed by atoms with Crippen molar-refractivity contribution in [2.75, 3.05) is 7.11 Å². The predicted molar refractivity (Wildman–Crippen MR) is 74.3 cm³/mol. The van der Waals surface area contributed by atoms with E-state index in [2.05, 4.69) is 6.58 Å². The van der Waals surface area contributed by atoms with Crippen molar-refractivity contribution in [2.24, 2.45) is 0 Å². The number of ether oxygens (including phenoxy) is 1. The van der Waals surface area contributed by atoms with E-state index in [-0.39, 0.29) is 0 Å². The summed E-state index contributed by atoms with van der Waals surface area (Å²) in [5.74, 6) is 0.956. The van der Waals surface area contributed by atoms with Crippen LogP contribution in [0.2, 0.25) is 0 Å². The monoisotopic (exact) mass is 226 g/mol. The van der Waals surface area contributed by atoms with Gasteiger partial charge in [0.2, 0.25) is 0 Å². The second kappa shape index (κ2) is 7.29. The Morgan fingerprint density at radius 1 is 0.941 bits per heavy atom. The molecule has 2 aromatic rings. The standard InChI is InChI=1S/C8H10O.C8H8/c1-7-5-3-4-6-8(7)9-2;1-2-8-6-4-3-5-7-8/h3-6H,1-2H3;2-7H,1H2. The Morgan fingerprint density at radius 2 is 1.53 bits per heavy atom. The molecule has 0 saturated carbocycles. The lowest BCUT2D eigenvalue weighted by Crippen LogP contribution is -1.84. The van der Waals surface area contributed by atoms with E-state index < -0.39 is 0 Å². The fourth-order valence-corrected chi connectivity index (χ4v) is 1.37. The summed E-state index contributed by atoms with van der Waals surface area (Å²) in [5, 5.41) is 0. The number of hydrogen-bond donors (Lipinski definition) is 0. The number of hydrogen-bond acceptors (Lipinski definition) is 1. The summed E-state index contributed by atoms with van der Waals surface area (Å²) in [5.41, 5.74) is 2.35. The van der Waals surface area contributed by atoms with Crippen LogP contribution in [0.5, 0.6) is 5.75 Å². The Labute approximate surface area is 103 Å². The first-order valence-electron chi connectivity index (χ1n) is 5.55. The molecule has 0 saturated heterocycles. The summed E-state index contributed by atoms with van der Waals surface area (Å²) in [6.07, 6.45) is 1.83. The van der Waals surface area contributed by atoms with Gasteiger partial charge < -0.3 is 4.74 Å². The second-order valence-corrected chi connectivity index (χ2v) is 3.58. The number of aryl methyl sites for hydroxylation is 1. The molecule has 88 valence electrons. The van der Waals surface area contributed by atoms with E-state index in [0.717, 1.165) is 5.75 Å². The predicted octanol–water partition coefficient (Wildman–Crippen LogP) is 4.33. The Hall–Kier alpha value is -2.02. The largest absolute Gasteiger partial charge is 0.496 e. The minimum Gasteiger partial charge on any atom is -0.496 e. The van der Waals surface area contributed by atoms with Crippen LogP contribution in [0.15, 0.2) is 61.2 Å². The van der Waals surface area contributed by atoms with Gasteiger partial charge in [-0.2, -0.15) is 0 Å². The van der Waals surface area contributed by atoms with Crippen LogP contribution < -0.4 is 4.74 Å². The molecule has 0 aromatic heterocycles. The van der Waals surface area contributed by atoms with E-state index in [1.165, 1.54) is 11.1 Å². The summed E-state index contributed by atoms with van der Waals surface area (Å²) < 4.78 is 5.04. The van der Waals surface area contributed by atoms with E-state index in [1.807, 2.05) is 67.6 Å². The van der Waals surface area contributed by atoms with Gasteiger partial charge in [-0.25, -0.2) is 0 Å². The third-order valence-electron chi connectivity index (χ3n) is 2.35. The first-order chi connectivity index (χ1) is 8.27. The normalized spacial score (nSPS) is 8.82. The summed E-state index contributed by atoms with van der Waals surface area (Å²) in [7, 11) is 1.68. The summed E-state index contributed by atoms with van der Waals surface area (Å²) in [6, 6.07) is 18.0. The zero-order valence-electron chi connectivity index (χ0n) is 10.4. The van der Waals surface area contributed by atoms with Crippen molar-refractivity contribution < 1.29 is 4.74 Å². The Bertz CT molecular complexity index is 446. The summed E-state index contributed by atoms with van der Waals surface area (Å²) in [4.78, 5) is 0. The van der Waals surface area contributed by atoms with Gasteiger partial charge in [0.15, 0.2) is 0 Å². The van der Waals surface area contributed by atoms with E-state index >= 15 is 0 Å². The molecule has 2 aromatic carbocycles.